The summed E-state index contributed by atoms with van der Waals surface area (Å²) in [6, 6.07) is 14.1. The minimum atomic E-state index is -0.432. The lowest BCUT2D eigenvalue weighted by molar-refractivity contribution is -0.384. The van der Waals surface area contributed by atoms with Crippen molar-refractivity contribution in [3.63, 3.8) is 0 Å². The summed E-state index contributed by atoms with van der Waals surface area (Å²) in [5, 5.41) is 13.7. The van der Waals surface area contributed by atoms with Gasteiger partial charge in [-0.3, -0.25) is 14.9 Å². The number of hydrogen-bond acceptors (Lipinski definition) is 5. The maximum atomic E-state index is 12.3. The normalized spacial score (nSPS) is 14.1. The molecule has 0 saturated carbocycles. The Morgan fingerprint density at radius 2 is 1.77 bits per heavy atom. The highest BCUT2D eigenvalue weighted by Crippen LogP contribution is 2.29. The first-order chi connectivity index (χ1) is 12.6. The molecule has 0 spiro atoms. The Balaban J connectivity index is 1.59. The van der Waals surface area contributed by atoms with E-state index in [-0.39, 0.29) is 17.3 Å². The van der Waals surface area contributed by atoms with Crippen molar-refractivity contribution in [2.24, 2.45) is 0 Å². The Morgan fingerprint density at radius 1 is 1.08 bits per heavy atom. The molecular weight excluding hydrogens is 350 g/mol. The minimum Gasteiger partial charge on any atom is -0.370 e. The highest BCUT2D eigenvalue weighted by molar-refractivity contribution is 8.00. The molecule has 0 atom stereocenters. The smallest absolute Gasteiger partial charge is 0.269 e. The Hall–Kier alpha value is -2.54. The van der Waals surface area contributed by atoms with Gasteiger partial charge >= 0.3 is 0 Å². The number of piperidine rings is 1. The van der Waals surface area contributed by atoms with Gasteiger partial charge in [-0.05, 0) is 43.5 Å². The molecule has 2 aromatic carbocycles. The number of nitrogens with zero attached hydrogens (tertiary/aromatic N) is 2. The first kappa shape index (κ1) is 18.3. The SMILES string of the molecule is O=C(CSc1ccc([N+](=O)[O-])cc1)Nc1ccccc1N1CCCCC1. The number of nitrogens with one attached hydrogen (secondary N) is 1. The zero-order valence-corrected chi connectivity index (χ0v) is 15.2. The summed E-state index contributed by atoms with van der Waals surface area (Å²) in [5.41, 5.74) is 1.96. The van der Waals surface area contributed by atoms with Crippen molar-refractivity contribution in [3.05, 3.63) is 58.6 Å². The number of benzene rings is 2. The molecule has 1 aliphatic heterocycles. The lowest BCUT2D eigenvalue weighted by Gasteiger charge is -2.30. The summed E-state index contributed by atoms with van der Waals surface area (Å²) in [5.74, 6) is 0.171. The molecule has 136 valence electrons. The van der Waals surface area contributed by atoms with Gasteiger partial charge in [0, 0.05) is 30.1 Å². The van der Waals surface area contributed by atoms with Crippen molar-refractivity contribution < 1.29 is 9.72 Å². The molecule has 26 heavy (non-hydrogen) atoms. The third-order valence-corrected chi connectivity index (χ3v) is 5.30. The van der Waals surface area contributed by atoms with Gasteiger partial charge in [0.2, 0.25) is 5.91 Å². The van der Waals surface area contributed by atoms with Gasteiger partial charge in [0.25, 0.3) is 5.69 Å². The van der Waals surface area contributed by atoms with Gasteiger partial charge in [0.15, 0.2) is 0 Å². The molecule has 6 nitrogen and oxygen atoms in total. The van der Waals surface area contributed by atoms with Crippen molar-refractivity contribution >= 4 is 34.7 Å². The lowest BCUT2D eigenvalue weighted by Crippen LogP contribution is -2.30. The van der Waals surface area contributed by atoms with E-state index in [1.54, 1.807) is 12.1 Å². The summed E-state index contributed by atoms with van der Waals surface area (Å²) >= 11 is 1.36. The fourth-order valence-corrected chi connectivity index (χ4v) is 3.69. The van der Waals surface area contributed by atoms with Gasteiger partial charge in [-0.2, -0.15) is 0 Å². The number of hydrogen-bond donors (Lipinski definition) is 1. The first-order valence-electron chi connectivity index (χ1n) is 8.64. The fraction of sp³-hybridized carbons (Fsp3) is 0.316. The second-order valence-electron chi connectivity index (χ2n) is 6.15. The topological polar surface area (TPSA) is 75.5 Å². The highest BCUT2D eigenvalue weighted by Gasteiger charge is 2.15. The number of carbonyl (C=O) groups excluding carboxylic acids is 1. The van der Waals surface area contributed by atoms with Crippen LogP contribution in [-0.4, -0.2) is 29.7 Å². The van der Waals surface area contributed by atoms with Gasteiger partial charge < -0.3 is 10.2 Å². The molecule has 0 aromatic heterocycles. The Labute approximate surface area is 156 Å². The molecule has 7 heteroatoms. The molecule has 1 aliphatic rings. The maximum Gasteiger partial charge on any atom is 0.269 e. The van der Waals surface area contributed by atoms with Gasteiger partial charge in [-0.15, -0.1) is 11.8 Å². The molecule has 1 fully saturated rings. The predicted octanol–water partition coefficient (Wildman–Crippen LogP) is 4.32. The van der Waals surface area contributed by atoms with Crippen LogP contribution in [0, 0.1) is 10.1 Å². The molecule has 0 radical (unpaired) electrons. The van der Waals surface area contributed by atoms with Crippen LogP contribution < -0.4 is 10.2 Å². The van der Waals surface area contributed by atoms with E-state index in [0.29, 0.717) is 0 Å². The summed E-state index contributed by atoms with van der Waals surface area (Å²) in [7, 11) is 0. The van der Waals surface area contributed by atoms with Crippen molar-refractivity contribution in [2.45, 2.75) is 24.2 Å². The second-order valence-corrected chi connectivity index (χ2v) is 7.20. The van der Waals surface area contributed by atoms with Crippen molar-refractivity contribution in [1.82, 2.24) is 0 Å². The second kappa shape index (κ2) is 8.71. The Bertz CT molecular complexity index is 774. The van der Waals surface area contributed by atoms with Crippen molar-refractivity contribution in [3.8, 4) is 0 Å². The van der Waals surface area contributed by atoms with Crippen LogP contribution >= 0.6 is 11.8 Å². The van der Waals surface area contributed by atoms with Crippen molar-refractivity contribution in [1.29, 1.82) is 0 Å². The van der Waals surface area contributed by atoms with Crippen LogP contribution in [0.5, 0.6) is 0 Å². The predicted molar refractivity (Wildman–Crippen MR) is 105 cm³/mol. The molecular formula is C19H21N3O3S. The number of nitro benzene ring substituents is 1. The number of rotatable bonds is 6. The zero-order valence-electron chi connectivity index (χ0n) is 14.4. The van der Waals surface area contributed by atoms with Crippen LogP contribution in [0.15, 0.2) is 53.4 Å². The van der Waals surface area contributed by atoms with E-state index in [1.807, 2.05) is 24.3 Å². The van der Waals surface area contributed by atoms with E-state index in [2.05, 4.69) is 10.2 Å². The number of carbonyl (C=O) groups is 1. The molecule has 0 aliphatic carbocycles. The number of para-hydroxylation sites is 2. The van der Waals surface area contributed by atoms with Gasteiger partial charge in [-0.25, -0.2) is 0 Å². The maximum absolute atomic E-state index is 12.3. The van der Waals surface area contributed by atoms with Gasteiger partial charge in [-0.1, -0.05) is 12.1 Å². The standard InChI is InChI=1S/C19H21N3O3S/c23-19(14-26-16-10-8-15(9-11-16)22(24)25)20-17-6-2-3-7-18(17)21-12-4-1-5-13-21/h2-3,6-11H,1,4-5,12-14H2,(H,20,23). The van der Waals surface area contributed by atoms with Crippen LogP contribution in [0.4, 0.5) is 17.1 Å². The number of non-ortho nitro benzene ring substituents is 1. The molecule has 0 unspecified atom stereocenters. The van der Waals surface area contributed by atoms with E-state index in [4.69, 9.17) is 0 Å². The number of anilines is 2. The zero-order chi connectivity index (χ0) is 18.4. The van der Waals surface area contributed by atoms with Crippen LogP contribution in [-0.2, 0) is 4.79 Å². The van der Waals surface area contributed by atoms with E-state index in [9.17, 15) is 14.9 Å². The quantitative estimate of drug-likeness (QED) is 0.465. The molecule has 0 bridgehead atoms. The van der Waals surface area contributed by atoms with Crippen LogP contribution in [0.25, 0.3) is 0 Å². The molecule has 1 saturated heterocycles. The lowest BCUT2D eigenvalue weighted by atomic mass is 10.1. The minimum absolute atomic E-state index is 0.0502. The third-order valence-electron chi connectivity index (χ3n) is 4.29. The summed E-state index contributed by atoms with van der Waals surface area (Å²) in [6.07, 6.45) is 3.62. The highest BCUT2D eigenvalue weighted by atomic mass is 32.2. The average molecular weight is 371 g/mol. The van der Waals surface area contributed by atoms with E-state index in [0.717, 1.165) is 29.4 Å². The largest absolute Gasteiger partial charge is 0.370 e. The summed E-state index contributed by atoms with van der Waals surface area (Å²) in [4.78, 5) is 25.7. The summed E-state index contributed by atoms with van der Waals surface area (Å²) in [6.45, 7) is 2.04. The van der Waals surface area contributed by atoms with Crippen LogP contribution in [0.2, 0.25) is 0 Å². The van der Waals surface area contributed by atoms with E-state index in [1.165, 1.54) is 43.2 Å². The third kappa shape index (κ3) is 4.76. The fourth-order valence-electron chi connectivity index (χ4n) is 2.99. The number of nitro groups is 1. The summed E-state index contributed by atoms with van der Waals surface area (Å²) < 4.78 is 0. The molecule has 2 aromatic rings. The van der Waals surface area contributed by atoms with E-state index < -0.39 is 4.92 Å². The monoisotopic (exact) mass is 371 g/mol. The number of amides is 1. The molecule has 3 rings (SSSR count). The molecule has 1 heterocycles. The van der Waals surface area contributed by atoms with Crippen LogP contribution in [0.3, 0.4) is 0 Å². The Morgan fingerprint density at radius 3 is 2.46 bits per heavy atom. The Kier molecular flexibility index (Phi) is 6.12. The van der Waals surface area contributed by atoms with Crippen LogP contribution in [0.1, 0.15) is 19.3 Å². The first-order valence-corrected chi connectivity index (χ1v) is 9.63. The number of thioether (sulfide) groups is 1. The van der Waals surface area contributed by atoms with Crippen molar-refractivity contribution in [2.75, 3.05) is 29.1 Å². The van der Waals surface area contributed by atoms with Gasteiger partial charge in [0.05, 0.1) is 22.1 Å². The molecule has 1 N–H and O–H groups in total. The van der Waals surface area contributed by atoms with Gasteiger partial charge in [0.1, 0.15) is 0 Å². The molecule has 1 amide bonds. The average Bonchev–Trinajstić information content (AvgIpc) is 2.68. The van der Waals surface area contributed by atoms with E-state index >= 15 is 0 Å².